The molecule has 0 bridgehead atoms. The van der Waals surface area contributed by atoms with Gasteiger partial charge in [-0.3, -0.25) is 4.79 Å². The summed E-state index contributed by atoms with van der Waals surface area (Å²) in [6.07, 6.45) is 2.72. The van der Waals surface area contributed by atoms with Gasteiger partial charge in [0.1, 0.15) is 28.7 Å². The summed E-state index contributed by atoms with van der Waals surface area (Å²) in [6, 6.07) is 7.41. The Bertz CT molecular complexity index is 982. The first-order valence-corrected chi connectivity index (χ1v) is 10.4. The molecule has 10 heteroatoms. The first-order valence-electron chi connectivity index (χ1n) is 9.14. The fourth-order valence-corrected chi connectivity index (χ4v) is 3.23. The maximum atomic E-state index is 12.2. The smallest absolute Gasteiger partial charge is 0.264 e. The molecule has 3 rings (SSSR count). The summed E-state index contributed by atoms with van der Waals surface area (Å²) < 4.78 is 12.1. The van der Waals surface area contributed by atoms with Crippen LogP contribution >= 0.6 is 11.8 Å². The minimum atomic E-state index is -0.155. The van der Waals surface area contributed by atoms with E-state index in [4.69, 9.17) is 15.0 Å². The van der Waals surface area contributed by atoms with Crippen LogP contribution in [-0.4, -0.2) is 45.2 Å². The Labute approximate surface area is 173 Å². The van der Waals surface area contributed by atoms with Crippen molar-refractivity contribution in [2.24, 2.45) is 0 Å². The normalized spacial score (nSPS) is 12.0. The lowest BCUT2D eigenvalue weighted by atomic mass is 10.2. The average Bonchev–Trinajstić information content (AvgIpc) is 3.32. The van der Waals surface area contributed by atoms with Gasteiger partial charge in [-0.15, -0.1) is 11.8 Å². The van der Waals surface area contributed by atoms with E-state index in [1.807, 2.05) is 44.4 Å². The number of anilines is 1. The number of methoxy groups -OCH3 is 1. The minimum absolute atomic E-state index is 0.0171. The van der Waals surface area contributed by atoms with Crippen LogP contribution in [0.5, 0.6) is 5.75 Å². The fourth-order valence-electron chi connectivity index (χ4n) is 2.66. The Hall–Kier alpha value is -3.01. The second-order valence-electron chi connectivity index (χ2n) is 6.46. The summed E-state index contributed by atoms with van der Waals surface area (Å²) in [5.74, 6) is 1.57. The highest BCUT2D eigenvalue weighted by Crippen LogP contribution is 2.35. The third kappa shape index (κ3) is 4.53. The van der Waals surface area contributed by atoms with Crippen molar-refractivity contribution in [1.82, 2.24) is 25.2 Å². The van der Waals surface area contributed by atoms with Crippen molar-refractivity contribution in [1.29, 1.82) is 0 Å². The summed E-state index contributed by atoms with van der Waals surface area (Å²) in [6.45, 7) is 3.97. The number of carbonyl (C=O) groups is 1. The molecule has 0 radical (unpaired) electrons. The molecule has 9 nitrogen and oxygen atoms in total. The Morgan fingerprint density at radius 3 is 2.72 bits per heavy atom. The molecule has 0 aliphatic heterocycles. The third-order valence-electron chi connectivity index (χ3n) is 4.45. The van der Waals surface area contributed by atoms with Crippen LogP contribution in [0.15, 0.2) is 33.8 Å². The molecule has 0 spiro atoms. The van der Waals surface area contributed by atoms with Gasteiger partial charge < -0.3 is 20.3 Å². The Balaban J connectivity index is 1.87. The number of ether oxygens (including phenoxy) is 1. The average molecular weight is 417 g/mol. The Kier molecular flexibility index (Phi) is 6.42. The van der Waals surface area contributed by atoms with E-state index < -0.39 is 0 Å². The number of thioether (sulfide) groups is 1. The molecule has 1 atom stereocenters. The quantitative estimate of drug-likeness (QED) is 0.538. The molecule has 2 aromatic heterocycles. The maximum absolute atomic E-state index is 12.2. The molecule has 0 aliphatic carbocycles. The summed E-state index contributed by atoms with van der Waals surface area (Å²) in [7, 11) is 1.61. The molecule has 1 aromatic carbocycles. The van der Waals surface area contributed by atoms with Crippen LogP contribution in [0.1, 0.15) is 20.3 Å². The lowest BCUT2D eigenvalue weighted by Crippen LogP contribution is -2.35. The van der Waals surface area contributed by atoms with Crippen LogP contribution in [0.3, 0.4) is 0 Å². The molecule has 154 valence electrons. The number of hydrogen-bond donors (Lipinski definition) is 2. The van der Waals surface area contributed by atoms with E-state index in [0.717, 1.165) is 17.7 Å². The number of carbonyl (C=O) groups excluding carboxylic acids is 1. The molecule has 0 saturated carbocycles. The minimum Gasteiger partial charge on any atom is -0.497 e. The highest BCUT2D eigenvalue weighted by molar-refractivity contribution is 7.98. The van der Waals surface area contributed by atoms with Gasteiger partial charge in [0, 0.05) is 11.6 Å². The van der Waals surface area contributed by atoms with Crippen LogP contribution in [0, 0.1) is 0 Å². The van der Waals surface area contributed by atoms with Gasteiger partial charge in [-0.25, -0.2) is 4.68 Å². The van der Waals surface area contributed by atoms with Crippen LogP contribution in [0.4, 0.5) is 5.82 Å². The highest BCUT2D eigenvalue weighted by Gasteiger charge is 2.24. The number of amides is 1. The molecule has 29 heavy (non-hydrogen) atoms. The number of benzene rings is 1. The molecule has 3 aromatic rings. The number of nitrogen functional groups attached to an aromatic ring is 1. The zero-order valence-electron chi connectivity index (χ0n) is 16.8. The molecular formula is C19H24N6O3S. The third-order valence-corrected chi connectivity index (χ3v) is 5.13. The van der Waals surface area contributed by atoms with E-state index in [1.54, 1.807) is 7.11 Å². The summed E-state index contributed by atoms with van der Waals surface area (Å²) in [5, 5.41) is 12.0. The summed E-state index contributed by atoms with van der Waals surface area (Å²) in [5.41, 5.74) is 7.58. The summed E-state index contributed by atoms with van der Waals surface area (Å²) >= 11 is 1.39. The number of aromatic nitrogens is 4. The fraction of sp³-hybridized carbons (Fsp3) is 0.368. The van der Waals surface area contributed by atoms with Crippen molar-refractivity contribution < 1.29 is 14.1 Å². The van der Waals surface area contributed by atoms with Gasteiger partial charge in [0.25, 0.3) is 5.89 Å². The zero-order valence-corrected chi connectivity index (χ0v) is 17.6. The van der Waals surface area contributed by atoms with Crippen LogP contribution in [0.2, 0.25) is 0 Å². The van der Waals surface area contributed by atoms with E-state index in [-0.39, 0.29) is 24.4 Å². The van der Waals surface area contributed by atoms with Crippen molar-refractivity contribution in [3.8, 4) is 28.6 Å². The Morgan fingerprint density at radius 2 is 2.10 bits per heavy atom. The standard InChI is InChI=1S/C19H24N6O3S/c1-5-11(2)21-14(26)10-25-16(20)15(19(23-25)29-4)18-22-17(24-28-18)12-6-8-13(27-3)9-7-12/h6-9,11H,5,10,20H2,1-4H3,(H,21,26)/t11-/m0/s1. The Morgan fingerprint density at radius 1 is 1.38 bits per heavy atom. The number of nitrogens with one attached hydrogen (secondary N) is 1. The van der Waals surface area contributed by atoms with Crippen molar-refractivity contribution in [2.45, 2.75) is 37.9 Å². The van der Waals surface area contributed by atoms with Gasteiger partial charge >= 0.3 is 0 Å². The van der Waals surface area contributed by atoms with Gasteiger partial charge in [-0.05, 0) is 43.9 Å². The van der Waals surface area contributed by atoms with Crippen molar-refractivity contribution in [2.75, 3.05) is 19.1 Å². The molecule has 0 unspecified atom stereocenters. The lowest BCUT2D eigenvalue weighted by molar-refractivity contribution is -0.122. The highest BCUT2D eigenvalue weighted by atomic mass is 32.2. The molecule has 0 saturated heterocycles. The molecule has 1 amide bonds. The molecule has 0 aliphatic rings. The van der Waals surface area contributed by atoms with Gasteiger partial charge in [0.15, 0.2) is 0 Å². The SMILES string of the molecule is CC[C@H](C)NC(=O)Cn1nc(SC)c(-c2nc(-c3ccc(OC)cc3)no2)c1N. The van der Waals surface area contributed by atoms with Gasteiger partial charge in [0.05, 0.1) is 7.11 Å². The van der Waals surface area contributed by atoms with Crippen molar-refractivity contribution >= 4 is 23.5 Å². The monoisotopic (exact) mass is 416 g/mol. The molecule has 0 fully saturated rings. The van der Waals surface area contributed by atoms with Crippen LogP contribution in [0.25, 0.3) is 22.8 Å². The van der Waals surface area contributed by atoms with E-state index in [9.17, 15) is 4.79 Å². The van der Waals surface area contributed by atoms with Crippen LogP contribution in [-0.2, 0) is 11.3 Å². The van der Waals surface area contributed by atoms with E-state index in [1.165, 1.54) is 16.4 Å². The van der Waals surface area contributed by atoms with Crippen molar-refractivity contribution in [3.63, 3.8) is 0 Å². The lowest BCUT2D eigenvalue weighted by Gasteiger charge is -2.11. The van der Waals surface area contributed by atoms with E-state index >= 15 is 0 Å². The second kappa shape index (κ2) is 8.99. The van der Waals surface area contributed by atoms with E-state index in [0.29, 0.717) is 22.2 Å². The van der Waals surface area contributed by atoms with Gasteiger partial charge in [-0.2, -0.15) is 10.1 Å². The van der Waals surface area contributed by atoms with Gasteiger partial charge in [0.2, 0.25) is 11.7 Å². The molecule has 3 N–H and O–H groups in total. The first-order chi connectivity index (χ1) is 14.0. The van der Waals surface area contributed by atoms with Gasteiger partial charge in [-0.1, -0.05) is 12.1 Å². The largest absolute Gasteiger partial charge is 0.497 e. The number of nitrogens with zero attached hydrogens (tertiary/aromatic N) is 4. The predicted molar refractivity (Wildman–Crippen MR) is 112 cm³/mol. The number of hydrogen-bond acceptors (Lipinski definition) is 8. The topological polar surface area (TPSA) is 121 Å². The van der Waals surface area contributed by atoms with Crippen LogP contribution < -0.4 is 15.8 Å². The predicted octanol–water partition coefficient (Wildman–Crippen LogP) is 2.83. The zero-order chi connectivity index (χ0) is 21.0. The first kappa shape index (κ1) is 20.7. The number of nitrogens with two attached hydrogens (primary N) is 1. The van der Waals surface area contributed by atoms with Crippen molar-refractivity contribution in [3.05, 3.63) is 24.3 Å². The maximum Gasteiger partial charge on any atom is 0.264 e. The van der Waals surface area contributed by atoms with E-state index in [2.05, 4.69) is 20.6 Å². The summed E-state index contributed by atoms with van der Waals surface area (Å²) in [4.78, 5) is 16.7. The molecular weight excluding hydrogens is 392 g/mol. The number of rotatable bonds is 8. The second-order valence-corrected chi connectivity index (χ2v) is 7.25. The molecule has 2 heterocycles.